The minimum Gasteiger partial charge on any atom is -0.396 e. The molecule has 1 fully saturated rings. The number of carbonyl (C=O) groups excluding carboxylic acids is 1. The first kappa shape index (κ1) is 12.5. The highest BCUT2D eigenvalue weighted by Gasteiger charge is 2.38. The number of nitrogens with one attached hydrogen (secondary N) is 1. The van der Waals surface area contributed by atoms with Crippen LogP contribution in [-0.2, 0) is 4.79 Å². The minimum absolute atomic E-state index is 0.168. The lowest BCUT2D eigenvalue weighted by Crippen LogP contribution is -2.36. The molecule has 0 aliphatic heterocycles. The first-order valence-electron chi connectivity index (χ1n) is 5.96. The molecule has 2 N–H and O–H groups in total. The van der Waals surface area contributed by atoms with Crippen LogP contribution >= 0.6 is 0 Å². The van der Waals surface area contributed by atoms with Gasteiger partial charge in [0.1, 0.15) is 0 Å². The lowest BCUT2D eigenvalue weighted by Gasteiger charge is -2.25. The molecular weight excluding hydrogens is 190 g/mol. The summed E-state index contributed by atoms with van der Waals surface area (Å²) in [5.41, 5.74) is 0.168. The largest absolute Gasteiger partial charge is 0.396 e. The molecule has 1 amide bonds. The predicted octanol–water partition coefficient (Wildman–Crippen LogP) is 1.70. The fourth-order valence-electron chi connectivity index (χ4n) is 2.38. The summed E-state index contributed by atoms with van der Waals surface area (Å²) in [6.45, 7) is 5.27. The Hall–Kier alpha value is -0.570. The molecule has 0 radical (unpaired) electrons. The van der Waals surface area contributed by atoms with Gasteiger partial charge in [0, 0.05) is 19.1 Å². The summed E-state index contributed by atoms with van der Waals surface area (Å²) in [7, 11) is 0. The van der Waals surface area contributed by atoms with Gasteiger partial charge in [-0.2, -0.15) is 0 Å². The second-order valence-corrected chi connectivity index (χ2v) is 5.16. The minimum atomic E-state index is 0.168. The van der Waals surface area contributed by atoms with E-state index in [1.54, 1.807) is 0 Å². The number of hydrogen-bond acceptors (Lipinski definition) is 2. The molecule has 1 rings (SSSR count). The van der Waals surface area contributed by atoms with Crippen LogP contribution in [-0.4, -0.2) is 24.2 Å². The van der Waals surface area contributed by atoms with Crippen molar-refractivity contribution in [3.63, 3.8) is 0 Å². The number of unbranched alkanes of at least 4 members (excludes halogenated alkanes) is 1. The van der Waals surface area contributed by atoms with Crippen molar-refractivity contribution in [2.75, 3.05) is 13.2 Å². The van der Waals surface area contributed by atoms with Gasteiger partial charge in [0.15, 0.2) is 0 Å². The molecule has 0 bridgehead atoms. The zero-order chi connectivity index (χ0) is 11.3. The van der Waals surface area contributed by atoms with Crippen molar-refractivity contribution in [2.24, 2.45) is 11.3 Å². The smallest absolute Gasteiger partial charge is 0.223 e. The van der Waals surface area contributed by atoms with E-state index in [1.807, 2.05) is 0 Å². The molecule has 1 saturated carbocycles. The van der Waals surface area contributed by atoms with Crippen LogP contribution < -0.4 is 5.32 Å². The summed E-state index contributed by atoms with van der Waals surface area (Å²) < 4.78 is 0. The molecule has 1 aliphatic rings. The molecule has 0 aromatic carbocycles. The Kier molecular flexibility index (Phi) is 4.58. The molecule has 0 saturated heterocycles. The molecule has 1 atom stereocenters. The second kappa shape index (κ2) is 5.50. The van der Waals surface area contributed by atoms with Crippen molar-refractivity contribution in [3.05, 3.63) is 0 Å². The van der Waals surface area contributed by atoms with Crippen LogP contribution in [0, 0.1) is 11.3 Å². The normalized spacial score (nSPS) is 24.1. The molecular formula is C12H23NO2. The first-order valence-corrected chi connectivity index (χ1v) is 5.96. The standard InChI is InChI=1S/C12H23NO2/c1-12(2)7-5-6-10(12)11(15)13-8-3-4-9-14/h10,14H,3-9H2,1-2H3,(H,13,15). The van der Waals surface area contributed by atoms with E-state index in [0.29, 0.717) is 6.54 Å². The fraction of sp³-hybridized carbons (Fsp3) is 0.917. The van der Waals surface area contributed by atoms with Crippen molar-refractivity contribution in [2.45, 2.75) is 46.0 Å². The third kappa shape index (κ3) is 3.49. The number of hydrogen-bond donors (Lipinski definition) is 2. The van der Waals surface area contributed by atoms with Crippen LogP contribution in [0.5, 0.6) is 0 Å². The van der Waals surface area contributed by atoms with Gasteiger partial charge in [0.25, 0.3) is 0 Å². The number of amides is 1. The van der Waals surface area contributed by atoms with E-state index in [-0.39, 0.29) is 23.8 Å². The summed E-state index contributed by atoms with van der Waals surface area (Å²) in [5, 5.41) is 11.6. The van der Waals surface area contributed by atoms with E-state index in [4.69, 9.17) is 5.11 Å². The Balaban J connectivity index is 2.28. The lowest BCUT2D eigenvalue weighted by atomic mass is 9.81. The third-order valence-electron chi connectivity index (χ3n) is 3.46. The molecule has 1 unspecified atom stereocenters. The maximum absolute atomic E-state index is 11.9. The van der Waals surface area contributed by atoms with Crippen molar-refractivity contribution in [1.29, 1.82) is 0 Å². The number of rotatable bonds is 5. The van der Waals surface area contributed by atoms with Crippen molar-refractivity contribution >= 4 is 5.91 Å². The zero-order valence-corrected chi connectivity index (χ0v) is 9.88. The van der Waals surface area contributed by atoms with Crippen LogP contribution in [0.4, 0.5) is 0 Å². The molecule has 0 aromatic heterocycles. The fourth-order valence-corrected chi connectivity index (χ4v) is 2.38. The second-order valence-electron chi connectivity index (χ2n) is 5.16. The van der Waals surface area contributed by atoms with Crippen molar-refractivity contribution in [3.8, 4) is 0 Å². The Labute approximate surface area is 92.3 Å². The Morgan fingerprint density at radius 3 is 2.73 bits per heavy atom. The van der Waals surface area contributed by atoms with E-state index >= 15 is 0 Å². The van der Waals surface area contributed by atoms with Crippen LogP contribution in [0.25, 0.3) is 0 Å². The quantitative estimate of drug-likeness (QED) is 0.683. The number of aliphatic hydroxyl groups is 1. The maximum atomic E-state index is 11.9. The van der Waals surface area contributed by atoms with Crippen LogP contribution in [0.2, 0.25) is 0 Å². The maximum Gasteiger partial charge on any atom is 0.223 e. The van der Waals surface area contributed by atoms with Gasteiger partial charge < -0.3 is 10.4 Å². The Morgan fingerprint density at radius 2 is 2.20 bits per heavy atom. The van der Waals surface area contributed by atoms with E-state index in [1.165, 1.54) is 6.42 Å². The summed E-state index contributed by atoms with van der Waals surface area (Å²) in [5.74, 6) is 0.391. The van der Waals surface area contributed by atoms with E-state index in [0.717, 1.165) is 25.7 Å². The topological polar surface area (TPSA) is 49.3 Å². The average molecular weight is 213 g/mol. The van der Waals surface area contributed by atoms with Gasteiger partial charge in [-0.15, -0.1) is 0 Å². The summed E-state index contributed by atoms with van der Waals surface area (Å²) in [4.78, 5) is 11.9. The van der Waals surface area contributed by atoms with Gasteiger partial charge >= 0.3 is 0 Å². The molecule has 3 heteroatoms. The van der Waals surface area contributed by atoms with Crippen LogP contribution in [0.1, 0.15) is 46.0 Å². The summed E-state index contributed by atoms with van der Waals surface area (Å²) >= 11 is 0. The number of aliphatic hydroxyl groups excluding tert-OH is 1. The van der Waals surface area contributed by atoms with Gasteiger partial charge in [-0.1, -0.05) is 20.3 Å². The monoisotopic (exact) mass is 213 g/mol. The molecule has 1 aliphatic carbocycles. The highest BCUT2D eigenvalue weighted by atomic mass is 16.2. The molecule has 0 spiro atoms. The predicted molar refractivity (Wildman–Crippen MR) is 60.5 cm³/mol. The Morgan fingerprint density at radius 1 is 1.47 bits per heavy atom. The molecule has 15 heavy (non-hydrogen) atoms. The van der Waals surface area contributed by atoms with E-state index in [2.05, 4.69) is 19.2 Å². The van der Waals surface area contributed by atoms with Crippen molar-refractivity contribution < 1.29 is 9.90 Å². The van der Waals surface area contributed by atoms with E-state index in [9.17, 15) is 4.79 Å². The highest BCUT2D eigenvalue weighted by molar-refractivity contribution is 5.79. The summed E-state index contributed by atoms with van der Waals surface area (Å²) in [6.07, 6.45) is 4.99. The highest BCUT2D eigenvalue weighted by Crippen LogP contribution is 2.42. The van der Waals surface area contributed by atoms with Gasteiger partial charge in [-0.05, 0) is 31.1 Å². The average Bonchev–Trinajstić information content (AvgIpc) is 2.52. The molecule has 0 heterocycles. The van der Waals surface area contributed by atoms with Crippen molar-refractivity contribution in [1.82, 2.24) is 5.32 Å². The zero-order valence-electron chi connectivity index (χ0n) is 9.88. The van der Waals surface area contributed by atoms with Gasteiger partial charge in [0.2, 0.25) is 5.91 Å². The molecule has 3 nitrogen and oxygen atoms in total. The molecule has 88 valence electrons. The van der Waals surface area contributed by atoms with E-state index < -0.39 is 0 Å². The van der Waals surface area contributed by atoms with Gasteiger partial charge in [-0.25, -0.2) is 0 Å². The van der Waals surface area contributed by atoms with Gasteiger partial charge in [-0.3, -0.25) is 4.79 Å². The summed E-state index contributed by atoms with van der Waals surface area (Å²) in [6, 6.07) is 0. The first-order chi connectivity index (χ1) is 7.08. The van der Waals surface area contributed by atoms with Gasteiger partial charge in [0.05, 0.1) is 0 Å². The Bertz CT molecular complexity index is 214. The SMILES string of the molecule is CC1(C)CCCC1C(=O)NCCCCO. The molecule has 0 aromatic rings. The van der Waals surface area contributed by atoms with Crippen LogP contribution in [0.15, 0.2) is 0 Å². The number of carbonyl (C=O) groups is 1. The third-order valence-corrected chi connectivity index (χ3v) is 3.46. The van der Waals surface area contributed by atoms with Crippen LogP contribution in [0.3, 0.4) is 0 Å². The lowest BCUT2D eigenvalue weighted by molar-refractivity contribution is -0.127.